The van der Waals surface area contributed by atoms with Crippen molar-refractivity contribution >= 4 is 34.3 Å². The molecule has 0 aromatic heterocycles. The van der Waals surface area contributed by atoms with E-state index in [-0.39, 0.29) is 28.2 Å². The Balaban J connectivity index is 2.55. The lowest BCUT2D eigenvalue weighted by Gasteiger charge is -2.19. The molecule has 1 fully saturated rings. The molecule has 0 saturated carbocycles. The van der Waals surface area contributed by atoms with Crippen LogP contribution in [0.25, 0.3) is 0 Å². The number of nitrogens with zero attached hydrogens (tertiary/aromatic N) is 1. The maximum Gasteiger partial charge on any atom is 0.296 e. The summed E-state index contributed by atoms with van der Waals surface area (Å²) in [5.41, 5.74) is 0.907. The third kappa shape index (κ3) is 2.52. The number of hydrogen-bond donors (Lipinski definition) is 2. The van der Waals surface area contributed by atoms with Crippen LogP contribution >= 0.6 is 12.6 Å². The first-order valence-electron chi connectivity index (χ1n) is 5.35. The number of thiol groups is 1. The van der Waals surface area contributed by atoms with Crippen LogP contribution in [0.5, 0.6) is 0 Å². The van der Waals surface area contributed by atoms with Gasteiger partial charge in [-0.05, 0) is 24.6 Å². The fraction of sp³-hybridized carbons (Fsp3) is 0.364. The number of amides is 1. The Hall–Kier alpha value is -1.05. The molecular formula is C11H13NO4S2. The molecule has 1 unspecified atom stereocenters. The first-order chi connectivity index (χ1) is 8.29. The van der Waals surface area contributed by atoms with Gasteiger partial charge in [0.25, 0.3) is 10.1 Å². The van der Waals surface area contributed by atoms with Gasteiger partial charge in [0.1, 0.15) is 4.90 Å². The van der Waals surface area contributed by atoms with E-state index in [0.717, 1.165) is 0 Å². The highest BCUT2D eigenvalue weighted by atomic mass is 32.2. The van der Waals surface area contributed by atoms with E-state index in [0.29, 0.717) is 12.1 Å². The Kier molecular flexibility index (Phi) is 3.39. The minimum Gasteiger partial charge on any atom is -0.310 e. The molecule has 1 amide bonds. The minimum absolute atomic E-state index is 0.118. The summed E-state index contributed by atoms with van der Waals surface area (Å²) in [4.78, 5) is 12.9. The molecule has 0 radical (unpaired) electrons. The van der Waals surface area contributed by atoms with Crippen molar-refractivity contribution in [2.75, 3.05) is 11.4 Å². The largest absolute Gasteiger partial charge is 0.310 e. The van der Waals surface area contributed by atoms with Crippen LogP contribution in [-0.2, 0) is 14.9 Å². The molecule has 0 spiro atoms. The second kappa shape index (κ2) is 4.56. The van der Waals surface area contributed by atoms with Gasteiger partial charge in [0.2, 0.25) is 5.91 Å². The van der Waals surface area contributed by atoms with Crippen molar-refractivity contribution < 1.29 is 17.8 Å². The van der Waals surface area contributed by atoms with Crippen LogP contribution in [0.4, 0.5) is 5.69 Å². The van der Waals surface area contributed by atoms with E-state index < -0.39 is 10.1 Å². The van der Waals surface area contributed by atoms with Crippen LogP contribution in [0.15, 0.2) is 23.1 Å². The maximum atomic E-state index is 11.7. The molecule has 1 N–H and O–H groups in total. The van der Waals surface area contributed by atoms with Crippen molar-refractivity contribution in [3.05, 3.63) is 23.8 Å². The molecule has 1 saturated heterocycles. The molecule has 1 aromatic rings. The van der Waals surface area contributed by atoms with Gasteiger partial charge in [-0.25, -0.2) is 0 Å². The lowest BCUT2D eigenvalue weighted by molar-refractivity contribution is -0.117. The summed E-state index contributed by atoms with van der Waals surface area (Å²) in [5, 5.41) is -0.118. The van der Waals surface area contributed by atoms with Gasteiger partial charge in [-0.1, -0.05) is 6.07 Å². The predicted molar refractivity (Wildman–Crippen MR) is 70.7 cm³/mol. The molecular weight excluding hydrogens is 274 g/mol. The second-order valence-electron chi connectivity index (χ2n) is 4.31. The second-order valence-corrected chi connectivity index (χ2v) is 6.43. The summed E-state index contributed by atoms with van der Waals surface area (Å²) in [6, 6.07) is 4.58. The van der Waals surface area contributed by atoms with E-state index in [2.05, 4.69) is 12.6 Å². The predicted octanol–water partition coefficient (Wildman–Crippen LogP) is 1.28. The highest BCUT2D eigenvalue weighted by Gasteiger charge is 2.31. The highest BCUT2D eigenvalue weighted by Crippen LogP contribution is 2.30. The monoisotopic (exact) mass is 287 g/mol. The number of rotatable bonds is 2. The first kappa shape index (κ1) is 13.4. The molecule has 7 heteroatoms. The number of aryl methyl sites for hydroxylation is 1. The summed E-state index contributed by atoms with van der Waals surface area (Å²) in [6.07, 6.45) is 0.266. The Morgan fingerprint density at radius 1 is 1.44 bits per heavy atom. The smallest absolute Gasteiger partial charge is 0.296 e. The zero-order valence-electron chi connectivity index (χ0n) is 9.70. The summed E-state index contributed by atoms with van der Waals surface area (Å²) in [7, 11) is -4.35. The summed E-state index contributed by atoms with van der Waals surface area (Å²) in [6.45, 7) is 2.05. The van der Waals surface area contributed by atoms with Gasteiger partial charge in [-0.2, -0.15) is 21.0 Å². The maximum absolute atomic E-state index is 11.7. The van der Waals surface area contributed by atoms with Gasteiger partial charge in [-0.15, -0.1) is 0 Å². The van der Waals surface area contributed by atoms with Crippen molar-refractivity contribution in [2.45, 2.75) is 23.5 Å². The van der Waals surface area contributed by atoms with E-state index in [1.54, 1.807) is 13.0 Å². The van der Waals surface area contributed by atoms with Crippen molar-refractivity contribution in [3.63, 3.8) is 0 Å². The fourth-order valence-corrected chi connectivity index (χ4v) is 3.07. The quantitative estimate of drug-likeness (QED) is 0.634. The molecule has 0 bridgehead atoms. The van der Waals surface area contributed by atoms with E-state index in [9.17, 15) is 17.8 Å². The molecule has 1 atom stereocenters. The lowest BCUT2D eigenvalue weighted by atomic mass is 10.2. The van der Waals surface area contributed by atoms with E-state index in [1.165, 1.54) is 17.0 Å². The number of anilines is 1. The normalized spacial score (nSPS) is 20.5. The van der Waals surface area contributed by atoms with E-state index in [4.69, 9.17) is 0 Å². The van der Waals surface area contributed by atoms with Crippen LogP contribution < -0.4 is 4.90 Å². The lowest BCUT2D eigenvalue weighted by Crippen LogP contribution is -2.26. The third-order valence-corrected chi connectivity index (χ3v) is 4.02. The standard InChI is InChI=1S/C11H13NO4S2/c1-7-2-3-9(10(4-7)18(14,15)16)12-6-8(17)5-11(12)13/h2-4,8,17H,5-6H2,1H3,(H,14,15,16). The minimum atomic E-state index is -4.35. The number of benzene rings is 1. The van der Waals surface area contributed by atoms with Gasteiger partial charge < -0.3 is 4.90 Å². The molecule has 0 aliphatic carbocycles. The van der Waals surface area contributed by atoms with Crippen LogP contribution in [0.1, 0.15) is 12.0 Å². The Bertz CT molecular complexity index is 597. The zero-order valence-corrected chi connectivity index (χ0v) is 11.4. The number of carbonyl (C=O) groups excluding carboxylic acids is 1. The first-order valence-corrected chi connectivity index (χ1v) is 7.31. The fourth-order valence-electron chi connectivity index (χ4n) is 1.97. The van der Waals surface area contributed by atoms with Crippen LogP contribution in [0.3, 0.4) is 0 Å². The van der Waals surface area contributed by atoms with Gasteiger partial charge in [0.05, 0.1) is 5.69 Å². The average molecular weight is 287 g/mol. The van der Waals surface area contributed by atoms with Crippen molar-refractivity contribution in [3.8, 4) is 0 Å². The van der Waals surface area contributed by atoms with E-state index in [1.807, 2.05) is 0 Å². The third-order valence-electron chi connectivity index (χ3n) is 2.79. The SMILES string of the molecule is Cc1ccc(N2CC(S)CC2=O)c(S(=O)(=O)O)c1. The zero-order chi connectivity index (χ0) is 13.5. The van der Waals surface area contributed by atoms with Crippen molar-refractivity contribution in [2.24, 2.45) is 0 Å². The van der Waals surface area contributed by atoms with Gasteiger partial charge in [0.15, 0.2) is 0 Å². The van der Waals surface area contributed by atoms with Crippen LogP contribution in [0, 0.1) is 6.92 Å². The highest BCUT2D eigenvalue weighted by molar-refractivity contribution is 7.86. The van der Waals surface area contributed by atoms with Crippen LogP contribution in [-0.4, -0.2) is 30.7 Å². The molecule has 1 aromatic carbocycles. The number of hydrogen-bond acceptors (Lipinski definition) is 4. The molecule has 1 heterocycles. The molecule has 1 aliphatic rings. The topological polar surface area (TPSA) is 74.7 Å². The summed E-state index contributed by atoms with van der Waals surface area (Å²) in [5.74, 6) is -0.191. The Labute approximate surface area is 111 Å². The molecule has 2 rings (SSSR count). The molecule has 98 valence electrons. The summed E-state index contributed by atoms with van der Waals surface area (Å²) < 4.78 is 31.9. The molecule has 1 aliphatic heterocycles. The van der Waals surface area contributed by atoms with Gasteiger partial charge in [0, 0.05) is 18.2 Å². The van der Waals surface area contributed by atoms with E-state index >= 15 is 0 Å². The molecule has 18 heavy (non-hydrogen) atoms. The van der Waals surface area contributed by atoms with Crippen molar-refractivity contribution in [1.82, 2.24) is 0 Å². The Morgan fingerprint density at radius 2 is 2.11 bits per heavy atom. The number of carbonyl (C=O) groups is 1. The van der Waals surface area contributed by atoms with Crippen molar-refractivity contribution in [1.29, 1.82) is 0 Å². The Morgan fingerprint density at radius 3 is 2.61 bits per heavy atom. The van der Waals surface area contributed by atoms with Gasteiger partial charge >= 0.3 is 0 Å². The average Bonchev–Trinajstić information content (AvgIpc) is 2.56. The van der Waals surface area contributed by atoms with Gasteiger partial charge in [-0.3, -0.25) is 9.35 Å². The molecule has 5 nitrogen and oxygen atoms in total. The summed E-state index contributed by atoms with van der Waals surface area (Å²) >= 11 is 4.21. The van der Waals surface area contributed by atoms with Crippen LogP contribution in [0.2, 0.25) is 0 Å².